The topological polar surface area (TPSA) is 137 Å². The molecule has 0 bridgehead atoms. The van der Waals surface area contributed by atoms with Gasteiger partial charge in [-0.3, -0.25) is 4.79 Å². The molecule has 196 valence electrons. The van der Waals surface area contributed by atoms with E-state index in [0.29, 0.717) is 35.1 Å². The van der Waals surface area contributed by atoms with Crippen LogP contribution in [-0.4, -0.2) is 51.1 Å². The van der Waals surface area contributed by atoms with Crippen molar-refractivity contribution in [3.05, 3.63) is 64.9 Å². The number of carbonyl (C=O) groups excluding carboxylic acids is 3. The molecular formula is C26H30N4O7. The Labute approximate surface area is 214 Å². The van der Waals surface area contributed by atoms with Gasteiger partial charge in [-0.2, -0.15) is 5.10 Å². The number of urea groups is 1. The van der Waals surface area contributed by atoms with Gasteiger partial charge in [0.2, 0.25) is 0 Å². The Morgan fingerprint density at radius 2 is 1.84 bits per heavy atom. The zero-order chi connectivity index (χ0) is 26.8. The molecule has 2 aromatic carbocycles. The van der Waals surface area contributed by atoms with Crippen LogP contribution >= 0.6 is 0 Å². The van der Waals surface area contributed by atoms with Crippen LogP contribution in [0.4, 0.5) is 4.79 Å². The van der Waals surface area contributed by atoms with Crippen molar-refractivity contribution < 1.29 is 33.3 Å². The molecular weight excluding hydrogens is 480 g/mol. The largest absolute Gasteiger partial charge is 0.493 e. The molecule has 37 heavy (non-hydrogen) atoms. The van der Waals surface area contributed by atoms with E-state index in [1.54, 1.807) is 32.0 Å². The number of para-hydroxylation sites is 1. The first-order valence-corrected chi connectivity index (χ1v) is 11.7. The minimum absolute atomic E-state index is 0.192. The molecule has 3 amide bonds. The number of rotatable bonds is 11. The summed E-state index contributed by atoms with van der Waals surface area (Å²) in [6.07, 6.45) is 1.49. The Balaban J connectivity index is 1.68. The summed E-state index contributed by atoms with van der Waals surface area (Å²) in [5.74, 6) is 0.243. The molecule has 0 saturated carbocycles. The second-order valence-corrected chi connectivity index (χ2v) is 7.75. The molecule has 0 spiro atoms. The molecule has 0 radical (unpaired) electrons. The molecule has 3 rings (SSSR count). The SMILES string of the molecule is CCOC(=O)C1=C(C)NC(=O)N[C@@H]1c1ccc(OCC(=O)N/N=C/c2ccccc2OCC)c(OC)c1. The lowest BCUT2D eigenvalue weighted by Gasteiger charge is -2.28. The van der Waals surface area contributed by atoms with Crippen molar-refractivity contribution in [2.45, 2.75) is 26.8 Å². The van der Waals surface area contributed by atoms with Crippen molar-refractivity contribution in [2.24, 2.45) is 5.10 Å². The second-order valence-electron chi connectivity index (χ2n) is 7.75. The summed E-state index contributed by atoms with van der Waals surface area (Å²) in [5.41, 5.74) is 4.38. The number of hydrogen-bond acceptors (Lipinski definition) is 8. The number of nitrogens with one attached hydrogen (secondary N) is 3. The Hall–Kier alpha value is -4.54. The molecule has 0 aromatic heterocycles. The quantitative estimate of drug-likeness (QED) is 0.240. The Bertz CT molecular complexity index is 1210. The zero-order valence-electron chi connectivity index (χ0n) is 21.1. The zero-order valence-corrected chi connectivity index (χ0v) is 21.1. The molecule has 0 fully saturated rings. The van der Waals surface area contributed by atoms with Crippen molar-refractivity contribution in [2.75, 3.05) is 26.9 Å². The summed E-state index contributed by atoms with van der Waals surface area (Å²) < 4.78 is 21.7. The van der Waals surface area contributed by atoms with Crippen molar-refractivity contribution >= 4 is 24.1 Å². The van der Waals surface area contributed by atoms with Gasteiger partial charge in [-0.1, -0.05) is 18.2 Å². The summed E-state index contributed by atoms with van der Waals surface area (Å²) in [5, 5.41) is 9.27. The van der Waals surface area contributed by atoms with E-state index >= 15 is 0 Å². The maximum Gasteiger partial charge on any atom is 0.338 e. The van der Waals surface area contributed by atoms with Crippen molar-refractivity contribution in [3.63, 3.8) is 0 Å². The van der Waals surface area contributed by atoms with E-state index in [1.165, 1.54) is 13.3 Å². The third-order valence-electron chi connectivity index (χ3n) is 5.26. The fourth-order valence-electron chi connectivity index (χ4n) is 3.63. The Morgan fingerprint density at radius 3 is 2.57 bits per heavy atom. The molecule has 0 saturated heterocycles. The maximum atomic E-state index is 12.5. The van der Waals surface area contributed by atoms with Gasteiger partial charge in [-0.15, -0.1) is 0 Å². The molecule has 1 aliphatic rings. The molecule has 3 N–H and O–H groups in total. The van der Waals surface area contributed by atoms with E-state index in [0.717, 1.165) is 5.56 Å². The number of hydrogen-bond donors (Lipinski definition) is 3. The summed E-state index contributed by atoms with van der Waals surface area (Å²) in [6, 6.07) is 11.0. The molecule has 1 atom stereocenters. The Kier molecular flexibility index (Phi) is 9.48. The molecule has 2 aromatic rings. The first-order valence-electron chi connectivity index (χ1n) is 11.7. The lowest BCUT2D eigenvalue weighted by molar-refractivity contribution is -0.139. The van der Waals surface area contributed by atoms with Crippen LogP contribution in [0.15, 0.2) is 58.8 Å². The van der Waals surface area contributed by atoms with E-state index < -0.39 is 23.9 Å². The molecule has 11 nitrogen and oxygen atoms in total. The van der Waals surface area contributed by atoms with E-state index in [9.17, 15) is 14.4 Å². The monoisotopic (exact) mass is 510 g/mol. The predicted molar refractivity (Wildman–Crippen MR) is 136 cm³/mol. The van der Waals surface area contributed by atoms with E-state index in [-0.39, 0.29) is 18.8 Å². The first-order chi connectivity index (χ1) is 17.9. The molecule has 1 heterocycles. The van der Waals surface area contributed by atoms with Gasteiger partial charge >= 0.3 is 12.0 Å². The fraction of sp³-hybridized carbons (Fsp3) is 0.308. The van der Waals surface area contributed by atoms with Gasteiger partial charge in [0.15, 0.2) is 18.1 Å². The fourth-order valence-corrected chi connectivity index (χ4v) is 3.63. The maximum absolute atomic E-state index is 12.5. The third kappa shape index (κ3) is 7.00. The van der Waals surface area contributed by atoms with Gasteiger partial charge in [-0.05, 0) is 50.6 Å². The van der Waals surface area contributed by atoms with E-state index in [4.69, 9.17) is 18.9 Å². The number of hydrazone groups is 1. The van der Waals surface area contributed by atoms with Crippen molar-refractivity contribution in [1.82, 2.24) is 16.1 Å². The standard InChI is InChI=1S/C26H30N4O7/c1-5-35-19-10-8-7-9-18(19)14-27-30-22(31)15-37-20-12-11-17(13-21(20)34-4)24-23(25(32)36-6-2)16(3)28-26(33)29-24/h7-14,24H,5-6,15H2,1-4H3,(H,30,31)(H2,28,29,33)/b27-14+/t24-/m1/s1. The summed E-state index contributed by atoms with van der Waals surface area (Å²) >= 11 is 0. The van der Waals surface area contributed by atoms with Crippen LogP contribution in [0.5, 0.6) is 17.2 Å². The number of methoxy groups -OCH3 is 1. The number of allylic oxidation sites excluding steroid dienone is 1. The van der Waals surface area contributed by atoms with Crippen LogP contribution in [0, 0.1) is 0 Å². The van der Waals surface area contributed by atoms with E-state index in [1.807, 2.05) is 31.2 Å². The van der Waals surface area contributed by atoms with Gasteiger partial charge in [0, 0.05) is 11.3 Å². The third-order valence-corrected chi connectivity index (χ3v) is 5.26. The molecule has 1 aliphatic heterocycles. The average Bonchev–Trinajstić information content (AvgIpc) is 2.88. The number of carbonyl (C=O) groups is 3. The molecule has 0 unspecified atom stereocenters. The van der Waals surface area contributed by atoms with Gasteiger partial charge in [0.1, 0.15) is 5.75 Å². The average molecular weight is 511 g/mol. The van der Waals surface area contributed by atoms with Crippen LogP contribution < -0.4 is 30.3 Å². The highest BCUT2D eigenvalue weighted by Gasteiger charge is 2.32. The van der Waals surface area contributed by atoms with Gasteiger partial charge in [-0.25, -0.2) is 15.0 Å². The number of esters is 1. The van der Waals surface area contributed by atoms with Gasteiger partial charge in [0.05, 0.1) is 38.2 Å². The van der Waals surface area contributed by atoms with Crippen LogP contribution in [0.3, 0.4) is 0 Å². The van der Waals surface area contributed by atoms with E-state index in [2.05, 4.69) is 21.2 Å². The van der Waals surface area contributed by atoms with Crippen LogP contribution in [0.1, 0.15) is 37.9 Å². The lowest BCUT2D eigenvalue weighted by Crippen LogP contribution is -2.45. The molecule has 0 aliphatic carbocycles. The highest BCUT2D eigenvalue weighted by atomic mass is 16.5. The lowest BCUT2D eigenvalue weighted by atomic mass is 9.95. The summed E-state index contributed by atoms with van der Waals surface area (Å²) in [6.45, 7) is 5.59. The van der Waals surface area contributed by atoms with Crippen molar-refractivity contribution in [3.8, 4) is 17.2 Å². The first kappa shape index (κ1) is 27.1. The van der Waals surface area contributed by atoms with Gasteiger partial charge in [0.25, 0.3) is 5.91 Å². The second kappa shape index (κ2) is 13.0. The molecule has 11 heteroatoms. The number of amides is 3. The highest BCUT2D eigenvalue weighted by molar-refractivity contribution is 5.95. The number of benzene rings is 2. The summed E-state index contributed by atoms with van der Waals surface area (Å²) in [7, 11) is 1.44. The van der Waals surface area contributed by atoms with Crippen LogP contribution in [0.25, 0.3) is 0 Å². The minimum atomic E-state index is -0.757. The Morgan fingerprint density at radius 1 is 1.05 bits per heavy atom. The van der Waals surface area contributed by atoms with Gasteiger partial charge < -0.3 is 29.6 Å². The normalized spacial score (nSPS) is 15.0. The summed E-state index contributed by atoms with van der Waals surface area (Å²) in [4.78, 5) is 36.9. The minimum Gasteiger partial charge on any atom is -0.493 e. The number of nitrogens with zero attached hydrogens (tertiary/aromatic N) is 1. The highest BCUT2D eigenvalue weighted by Crippen LogP contribution is 2.34. The van der Waals surface area contributed by atoms with Crippen molar-refractivity contribution in [1.29, 1.82) is 0 Å². The predicted octanol–water partition coefficient (Wildman–Crippen LogP) is 2.81. The smallest absolute Gasteiger partial charge is 0.338 e. The van der Waals surface area contributed by atoms with Crippen LogP contribution in [0.2, 0.25) is 0 Å². The number of ether oxygens (including phenoxy) is 4. The van der Waals surface area contributed by atoms with Crippen LogP contribution in [-0.2, 0) is 14.3 Å².